The highest BCUT2D eigenvalue weighted by molar-refractivity contribution is 9.10. The average Bonchev–Trinajstić information content (AvgIpc) is 2.55. The Labute approximate surface area is 145 Å². The maximum absolute atomic E-state index is 13.2. The van der Waals surface area contributed by atoms with Gasteiger partial charge in [0.1, 0.15) is 0 Å². The Kier molecular flexibility index (Phi) is 4.87. The molecule has 122 valence electrons. The van der Waals surface area contributed by atoms with Crippen LogP contribution in [0, 0.1) is 0 Å². The minimum absolute atomic E-state index is 0.137. The molecule has 1 N–H and O–H groups in total. The first kappa shape index (κ1) is 16.6. The van der Waals surface area contributed by atoms with Crippen molar-refractivity contribution in [2.45, 2.75) is 10.9 Å². The first-order valence-electron chi connectivity index (χ1n) is 7.63. The van der Waals surface area contributed by atoms with Crippen LogP contribution in [-0.2, 0) is 10.0 Å². The number of likely N-dealkylation sites (N-methyl/N-ethyl adjacent to an activating group) is 1. The summed E-state index contributed by atoms with van der Waals surface area (Å²) in [5.41, 5.74) is 1.04. The van der Waals surface area contributed by atoms with Crippen molar-refractivity contribution in [3.05, 3.63) is 64.6 Å². The Morgan fingerprint density at radius 1 is 1.09 bits per heavy atom. The SMILES string of the molecule is C[NH+]1CCN(S(=O)(=O)c2ccccc2Br)[C@H](c2ccccc2)C1. The molecule has 1 aliphatic heterocycles. The Morgan fingerprint density at radius 3 is 2.43 bits per heavy atom. The van der Waals surface area contributed by atoms with Crippen LogP contribution in [0.25, 0.3) is 0 Å². The number of benzene rings is 2. The molecular weight excluding hydrogens is 376 g/mol. The molecule has 0 aliphatic carbocycles. The van der Waals surface area contributed by atoms with Gasteiger partial charge in [-0.1, -0.05) is 42.5 Å². The first-order valence-corrected chi connectivity index (χ1v) is 9.86. The second kappa shape index (κ2) is 6.73. The number of rotatable bonds is 3. The average molecular weight is 396 g/mol. The third kappa shape index (κ3) is 3.35. The molecule has 2 aromatic rings. The number of hydrogen-bond donors (Lipinski definition) is 1. The summed E-state index contributed by atoms with van der Waals surface area (Å²) >= 11 is 3.38. The van der Waals surface area contributed by atoms with Crippen LogP contribution in [0.3, 0.4) is 0 Å². The molecule has 6 heteroatoms. The second-order valence-corrected chi connectivity index (χ2v) is 8.60. The third-order valence-corrected chi connectivity index (χ3v) is 7.18. The van der Waals surface area contributed by atoms with Gasteiger partial charge in [-0.2, -0.15) is 4.31 Å². The summed E-state index contributed by atoms with van der Waals surface area (Å²) in [7, 11) is -1.43. The van der Waals surface area contributed by atoms with E-state index in [0.29, 0.717) is 15.9 Å². The number of nitrogens with zero attached hydrogens (tertiary/aromatic N) is 1. The molecule has 1 heterocycles. The van der Waals surface area contributed by atoms with Crippen LogP contribution in [0.1, 0.15) is 11.6 Å². The summed E-state index contributed by atoms with van der Waals surface area (Å²) in [6.45, 7) is 2.11. The molecule has 0 aromatic heterocycles. The van der Waals surface area contributed by atoms with E-state index in [4.69, 9.17) is 0 Å². The largest absolute Gasteiger partial charge is 0.335 e. The van der Waals surface area contributed by atoms with Crippen LogP contribution in [0.15, 0.2) is 64.0 Å². The Morgan fingerprint density at radius 2 is 1.74 bits per heavy atom. The maximum Gasteiger partial charge on any atom is 0.245 e. The highest BCUT2D eigenvalue weighted by Gasteiger charge is 2.38. The van der Waals surface area contributed by atoms with Gasteiger partial charge in [0.15, 0.2) is 0 Å². The highest BCUT2D eigenvalue weighted by Crippen LogP contribution is 2.31. The van der Waals surface area contributed by atoms with Crippen LogP contribution >= 0.6 is 15.9 Å². The van der Waals surface area contributed by atoms with E-state index in [2.05, 4.69) is 23.0 Å². The smallest absolute Gasteiger partial charge is 0.245 e. The van der Waals surface area contributed by atoms with Gasteiger partial charge in [-0.3, -0.25) is 0 Å². The lowest BCUT2D eigenvalue weighted by atomic mass is 10.1. The van der Waals surface area contributed by atoms with Crippen molar-refractivity contribution >= 4 is 26.0 Å². The van der Waals surface area contributed by atoms with Gasteiger partial charge in [0.05, 0.1) is 37.6 Å². The molecular formula is C17H20BrN2O2S+. The standard InChI is InChI=1S/C17H19BrN2O2S/c1-19-11-12-20(16(13-19)14-7-3-2-4-8-14)23(21,22)17-10-6-5-9-15(17)18/h2-10,16H,11-13H2,1H3/p+1/t16-/m0/s1. The molecule has 23 heavy (non-hydrogen) atoms. The molecule has 4 nitrogen and oxygen atoms in total. The van der Waals surface area contributed by atoms with Crippen molar-refractivity contribution in [1.82, 2.24) is 4.31 Å². The van der Waals surface area contributed by atoms with E-state index in [9.17, 15) is 8.42 Å². The normalized spacial score (nSPS) is 22.9. The van der Waals surface area contributed by atoms with Crippen molar-refractivity contribution in [3.63, 3.8) is 0 Å². The van der Waals surface area contributed by atoms with Gasteiger partial charge in [-0.25, -0.2) is 8.42 Å². The van der Waals surface area contributed by atoms with Gasteiger partial charge in [-0.05, 0) is 33.6 Å². The topological polar surface area (TPSA) is 41.8 Å². The Bertz CT molecular complexity index is 780. The van der Waals surface area contributed by atoms with Crippen molar-refractivity contribution in [2.24, 2.45) is 0 Å². The summed E-state index contributed by atoms with van der Waals surface area (Å²) in [5.74, 6) is 0. The summed E-state index contributed by atoms with van der Waals surface area (Å²) < 4.78 is 28.6. The lowest BCUT2D eigenvalue weighted by Crippen LogP contribution is -3.12. The van der Waals surface area contributed by atoms with Gasteiger partial charge in [0.2, 0.25) is 10.0 Å². The van der Waals surface area contributed by atoms with Crippen molar-refractivity contribution in [1.29, 1.82) is 0 Å². The molecule has 1 unspecified atom stereocenters. The maximum atomic E-state index is 13.2. The number of nitrogens with one attached hydrogen (secondary N) is 1. The summed E-state index contributed by atoms with van der Waals surface area (Å²) in [6.07, 6.45) is 0. The van der Waals surface area contributed by atoms with E-state index < -0.39 is 10.0 Å². The minimum Gasteiger partial charge on any atom is -0.335 e. The predicted molar refractivity (Wildman–Crippen MR) is 93.8 cm³/mol. The van der Waals surface area contributed by atoms with Gasteiger partial charge in [0.25, 0.3) is 0 Å². The van der Waals surface area contributed by atoms with Crippen LogP contribution in [-0.4, -0.2) is 39.4 Å². The van der Waals surface area contributed by atoms with Crippen molar-refractivity contribution in [2.75, 3.05) is 26.7 Å². The molecule has 2 aromatic carbocycles. The zero-order valence-corrected chi connectivity index (χ0v) is 15.3. The van der Waals surface area contributed by atoms with E-state index in [1.54, 1.807) is 22.5 Å². The number of hydrogen-bond acceptors (Lipinski definition) is 2. The molecule has 0 spiro atoms. The quantitative estimate of drug-likeness (QED) is 0.859. The summed E-state index contributed by atoms with van der Waals surface area (Å²) in [6, 6.07) is 16.8. The lowest BCUT2D eigenvalue weighted by Gasteiger charge is -2.37. The molecule has 1 aliphatic rings. The first-order chi connectivity index (χ1) is 11.0. The van der Waals surface area contributed by atoms with Crippen LogP contribution in [0.4, 0.5) is 0 Å². The fraction of sp³-hybridized carbons (Fsp3) is 0.294. The molecule has 3 rings (SSSR count). The highest BCUT2D eigenvalue weighted by atomic mass is 79.9. The molecule has 1 fully saturated rings. The second-order valence-electron chi connectivity index (χ2n) is 5.88. The van der Waals surface area contributed by atoms with Crippen molar-refractivity contribution in [3.8, 4) is 0 Å². The van der Waals surface area contributed by atoms with E-state index >= 15 is 0 Å². The van der Waals surface area contributed by atoms with E-state index in [-0.39, 0.29) is 6.04 Å². The molecule has 0 bridgehead atoms. The molecule has 1 saturated heterocycles. The molecule has 0 saturated carbocycles. The zero-order chi connectivity index (χ0) is 16.4. The van der Waals surface area contributed by atoms with Crippen LogP contribution in [0.5, 0.6) is 0 Å². The van der Waals surface area contributed by atoms with Gasteiger partial charge in [-0.15, -0.1) is 0 Å². The van der Waals surface area contributed by atoms with Crippen molar-refractivity contribution < 1.29 is 13.3 Å². The van der Waals surface area contributed by atoms with Crippen LogP contribution < -0.4 is 4.90 Å². The van der Waals surface area contributed by atoms with Gasteiger partial charge in [0, 0.05) is 4.47 Å². The zero-order valence-electron chi connectivity index (χ0n) is 12.9. The fourth-order valence-electron chi connectivity index (χ4n) is 3.02. The Hall–Kier alpha value is -1.21. The number of sulfonamides is 1. The predicted octanol–water partition coefficient (Wildman–Crippen LogP) is 1.71. The minimum atomic E-state index is -3.54. The van der Waals surface area contributed by atoms with E-state index in [1.807, 2.05) is 36.4 Å². The van der Waals surface area contributed by atoms with Gasteiger partial charge < -0.3 is 4.90 Å². The molecule has 2 atom stereocenters. The van der Waals surface area contributed by atoms with E-state index in [0.717, 1.165) is 18.7 Å². The van der Waals surface area contributed by atoms with Gasteiger partial charge >= 0.3 is 0 Å². The van der Waals surface area contributed by atoms with E-state index in [1.165, 1.54) is 4.90 Å². The van der Waals surface area contributed by atoms with Crippen LogP contribution in [0.2, 0.25) is 0 Å². The summed E-state index contributed by atoms with van der Waals surface area (Å²) in [5, 5.41) is 0. The summed E-state index contributed by atoms with van der Waals surface area (Å²) in [4.78, 5) is 1.68. The monoisotopic (exact) mass is 395 g/mol. The Balaban J connectivity index is 2.03. The fourth-order valence-corrected chi connectivity index (χ4v) is 5.60. The third-order valence-electron chi connectivity index (χ3n) is 4.26. The lowest BCUT2D eigenvalue weighted by molar-refractivity contribution is -0.887. The number of quaternary nitrogens is 1. The molecule has 0 radical (unpaired) electrons. The number of halogens is 1. The number of piperazine rings is 1. The molecule has 0 amide bonds.